The van der Waals surface area contributed by atoms with E-state index in [1.54, 1.807) is 36.4 Å². The SMILES string of the molecule is N#Cc1cccc(NC(=O)C[NH2+][C@@H](c2ccccc2)c2ccc(OC(F)F)cc2)c1. The Bertz CT molecular complexity index is 1020. The molecule has 3 aromatic carbocycles. The Kier molecular flexibility index (Phi) is 7.09. The van der Waals surface area contributed by atoms with Crippen LogP contribution in [0.4, 0.5) is 14.5 Å². The highest BCUT2D eigenvalue weighted by molar-refractivity contribution is 5.91. The molecule has 0 saturated heterocycles. The van der Waals surface area contributed by atoms with E-state index >= 15 is 0 Å². The number of alkyl halides is 2. The third kappa shape index (κ3) is 5.87. The summed E-state index contributed by atoms with van der Waals surface area (Å²) in [6, 6.07) is 24.5. The van der Waals surface area contributed by atoms with Crippen LogP contribution in [0.2, 0.25) is 0 Å². The average Bonchev–Trinajstić information content (AvgIpc) is 2.75. The first-order chi connectivity index (χ1) is 14.5. The molecule has 0 unspecified atom stereocenters. The molecule has 0 aliphatic carbocycles. The van der Waals surface area contributed by atoms with Crippen LogP contribution in [0.15, 0.2) is 78.9 Å². The lowest BCUT2D eigenvalue weighted by Gasteiger charge is -2.17. The van der Waals surface area contributed by atoms with Gasteiger partial charge < -0.3 is 15.4 Å². The van der Waals surface area contributed by atoms with Crippen LogP contribution < -0.4 is 15.4 Å². The second kappa shape index (κ2) is 10.1. The smallest absolute Gasteiger partial charge is 0.387 e. The van der Waals surface area contributed by atoms with E-state index < -0.39 is 6.61 Å². The van der Waals surface area contributed by atoms with Gasteiger partial charge in [-0.3, -0.25) is 4.79 Å². The van der Waals surface area contributed by atoms with Crippen molar-refractivity contribution in [1.29, 1.82) is 5.26 Å². The second-order valence-corrected chi connectivity index (χ2v) is 6.52. The van der Waals surface area contributed by atoms with Gasteiger partial charge in [0.15, 0.2) is 6.54 Å². The molecule has 0 bridgehead atoms. The molecule has 30 heavy (non-hydrogen) atoms. The van der Waals surface area contributed by atoms with Crippen LogP contribution in [-0.4, -0.2) is 19.1 Å². The predicted molar refractivity (Wildman–Crippen MR) is 108 cm³/mol. The monoisotopic (exact) mass is 408 g/mol. The Morgan fingerprint density at radius 1 is 1.00 bits per heavy atom. The summed E-state index contributed by atoms with van der Waals surface area (Å²) in [5, 5.41) is 13.6. The predicted octanol–water partition coefficient (Wildman–Crippen LogP) is 3.45. The number of anilines is 1. The molecule has 0 fully saturated rings. The van der Waals surface area contributed by atoms with Gasteiger partial charge in [-0.1, -0.05) is 36.4 Å². The molecule has 0 aliphatic heterocycles. The molecule has 3 rings (SSSR count). The van der Waals surface area contributed by atoms with Crippen LogP contribution in [0.3, 0.4) is 0 Å². The number of amides is 1. The van der Waals surface area contributed by atoms with Crippen molar-refractivity contribution in [2.75, 3.05) is 11.9 Å². The van der Waals surface area contributed by atoms with Crippen LogP contribution in [0.1, 0.15) is 22.7 Å². The van der Waals surface area contributed by atoms with Crippen LogP contribution >= 0.6 is 0 Å². The normalized spacial score (nSPS) is 11.5. The van der Waals surface area contributed by atoms with Crippen molar-refractivity contribution in [3.05, 3.63) is 95.6 Å². The summed E-state index contributed by atoms with van der Waals surface area (Å²) in [5.41, 5.74) is 2.84. The number of halogens is 2. The molecule has 7 heteroatoms. The zero-order valence-corrected chi connectivity index (χ0v) is 16.0. The van der Waals surface area contributed by atoms with Crippen LogP contribution in [0, 0.1) is 11.3 Å². The van der Waals surface area contributed by atoms with Gasteiger partial charge in [-0.25, -0.2) is 0 Å². The quantitative estimate of drug-likeness (QED) is 0.599. The fraction of sp³-hybridized carbons (Fsp3) is 0.130. The van der Waals surface area contributed by atoms with E-state index in [0.717, 1.165) is 11.1 Å². The zero-order valence-electron chi connectivity index (χ0n) is 16.0. The molecule has 152 valence electrons. The van der Waals surface area contributed by atoms with Gasteiger partial charge in [0.05, 0.1) is 11.6 Å². The summed E-state index contributed by atoms with van der Waals surface area (Å²) in [6.07, 6.45) is 0. The maximum absolute atomic E-state index is 12.4. The summed E-state index contributed by atoms with van der Waals surface area (Å²) < 4.78 is 29.2. The van der Waals surface area contributed by atoms with Crippen molar-refractivity contribution in [2.24, 2.45) is 0 Å². The molecule has 0 aromatic heterocycles. The largest absolute Gasteiger partial charge is 0.435 e. The molecule has 3 N–H and O–H groups in total. The molecule has 1 amide bonds. The van der Waals surface area contributed by atoms with Gasteiger partial charge in [0.2, 0.25) is 0 Å². The fourth-order valence-corrected chi connectivity index (χ4v) is 3.08. The summed E-state index contributed by atoms with van der Waals surface area (Å²) >= 11 is 0. The molecule has 1 atom stereocenters. The number of quaternary nitrogens is 1. The number of carbonyl (C=O) groups excluding carboxylic acids is 1. The van der Waals surface area contributed by atoms with Crippen molar-refractivity contribution in [3.63, 3.8) is 0 Å². The molecule has 5 nitrogen and oxygen atoms in total. The standard InChI is InChI=1S/C23H19F2N3O2/c24-23(25)30-20-11-9-18(10-12-20)22(17-6-2-1-3-7-17)27-15-21(29)28-19-8-4-5-16(13-19)14-26/h1-13,22-23,27H,15H2,(H,28,29)/p+1/t22-/m0/s1. The number of nitriles is 1. The van der Waals surface area contributed by atoms with Gasteiger partial charge in [0.1, 0.15) is 11.8 Å². The lowest BCUT2D eigenvalue weighted by molar-refractivity contribution is -0.676. The van der Waals surface area contributed by atoms with E-state index in [9.17, 15) is 13.6 Å². The van der Waals surface area contributed by atoms with E-state index in [-0.39, 0.29) is 24.2 Å². The van der Waals surface area contributed by atoms with Crippen molar-refractivity contribution < 1.29 is 23.6 Å². The Morgan fingerprint density at radius 3 is 2.37 bits per heavy atom. The third-order valence-electron chi connectivity index (χ3n) is 4.44. The number of rotatable bonds is 8. The molecule has 0 radical (unpaired) electrons. The first kappa shape index (κ1) is 21.0. The maximum atomic E-state index is 12.4. The lowest BCUT2D eigenvalue weighted by Crippen LogP contribution is -2.87. The van der Waals surface area contributed by atoms with E-state index in [1.165, 1.54) is 12.1 Å². The van der Waals surface area contributed by atoms with Gasteiger partial charge in [-0.2, -0.15) is 14.0 Å². The number of nitrogens with two attached hydrogens (primary N) is 1. The summed E-state index contributed by atoms with van der Waals surface area (Å²) in [4.78, 5) is 12.4. The minimum atomic E-state index is -2.88. The number of hydrogen-bond donors (Lipinski definition) is 2. The topological polar surface area (TPSA) is 78.7 Å². The van der Waals surface area contributed by atoms with Gasteiger partial charge >= 0.3 is 6.61 Å². The van der Waals surface area contributed by atoms with E-state index in [1.807, 2.05) is 41.7 Å². The Labute approximate surface area is 172 Å². The van der Waals surface area contributed by atoms with Gasteiger partial charge in [0, 0.05) is 16.8 Å². The Morgan fingerprint density at radius 2 is 1.70 bits per heavy atom. The average molecular weight is 408 g/mol. The fourth-order valence-electron chi connectivity index (χ4n) is 3.08. The summed E-state index contributed by atoms with van der Waals surface area (Å²) in [6.45, 7) is -2.75. The number of ether oxygens (including phenoxy) is 1. The van der Waals surface area contributed by atoms with E-state index in [2.05, 4.69) is 10.1 Å². The van der Waals surface area contributed by atoms with Gasteiger partial charge in [-0.05, 0) is 42.5 Å². The molecular formula is C23H20F2N3O2+. The van der Waals surface area contributed by atoms with Crippen molar-refractivity contribution >= 4 is 11.6 Å². The molecule has 0 heterocycles. The molecule has 0 saturated carbocycles. The van der Waals surface area contributed by atoms with E-state index in [0.29, 0.717) is 11.3 Å². The van der Waals surface area contributed by atoms with Gasteiger partial charge in [-0.15, -0.1) is 0 Å². The zero-order chi connectivity index (χ0) is 21.3. The Balaban J connectivity index is 1.72. The highest BCUT2D eigenvalue weighted by Crippen LogP contribution is 2.22. The van der Waals surface area contributed by atoms with Crippen molar-refractivity contribution in [2.45, 2.75) is 12.7 Å². The minimum Gasteiger partial charge on any atom is -0.435 e. The third-order valence-corrected chi connectivity index (χ3v) is 4.44. The number of hydrogen-bond acceptors (Lipinski definition) is 3. The molecule has 0 spiro atoms. The lowest BCUT2D eigenvalue weighted by atomic mass is 9.98. The number of carbonyl (C=O) groups is 1. The maximum Gasteiger partial charge on any atom is 0.387 e. The van der Waals surface area contributed by atoms with Crippen molar-refractivity contribution in [3.8, 4) is 11.8 Å². The molecule has 0 aliphatic rings. The van der Waals surface area contributed by atoms with Crippen LogP contribution in [0.5, 0.6) is 5.75 Å². The van der Waals surface area contributed by atoms with Gasteiger partial charge in [0.25, 0.3) is 5.91 Å². The van der Waals surface area contributed by atoms with Crippen molar-refractivity contribution in [1.82, 2.24) is 0 Å². The highest BCUT2D eigenvalue weighted by Gasteiger charge is 2.19. The number of nitrogens with one attached hydrogen (secondary N) is 1. The molecule has 3 aromatic rings. The molecular weight excluding hydrogens is 388 g/mol. The van der Waals surface area contributed by atoms with E-state index in [4.69, 9.17) is 5.26 Å². The Hall–Kier alpha value is -3.76. The van der Waals surface area contributed by atoms with Crippen LogP contribution in [-0.2, 0) is 4.79 Å². The number of nitrogens with zero attached hydrogens (tertiary/aromatic N) is 1. The first-order valence-corrected chi connectivity index (χ1v) is 9.28. The first-order valence-electron chi connectivity index (χ1n) is 9.28. The summed E-state index contributed by atoms with van der Waals surface area (Å²) in [7, 11) is 0. The van der Waals surface area contributed by atoms with Crippen LogP contribution in [0.25, 0.3) is 0 Å². The second-order valence-electron chi connectivity index (χ2n) is 6.52. The number of benzene rings is 3. The summed E-state index contributed by atoms with van der Waals surface area (Å²) in [5.74, 6) is -0.139. The minimum absolute atomic E-state index is 0.0793. The highest BCUT2D eigenvalue weighted by atomic mass is 19.3.